The lowest BCUT2D eigenvalue weighted by Gasteiger charge is -2.09. The molecule has 0 saturated heterocycles. The topological polar surface area (TPSA) is 47.0 Å². The summed E-state index contributed by atoms with van der Waals surface area (Å²) in [6, 6.07) is 9.60. The van der Waals surface area contributed by atoms with Gasteiger partial charge in [-0.1, -0.05) is 23.9 Å². The van der Waals surface area contributed by atoms with Gasteiger partial charge in [-0.3, -0.25) is 0 Å². The molecule has 1 aromatic heterocycles. The zero-order valence-electron chi connectivity index (χ0n) is 9.98. The number of para-hydroxylation sites is 1. The van der Waals surface area contributed by atoms with Crippen molar-refractivity contribution in [2.45, 2.75) is 5.16 Å². The molecule has 0 fully saturated rings. The molecule has 0 aliphatic heterocycles. The zero-order chi connectivity index (χ0) is 13.0. The van der Waals surface area contributed by atoms with E-state index in [4.69, 9.17) is 4.74 Å². The Morgan fingerprint density at radius 2 is 2.06 bits per heavy atom. The van der Waals surface area contributed by atoms with Gasteiger partial charge in [-0.2, -0.15) is 4.98 Å². The Morgan fingerprint density at radius 1 is 1.28 bits per heavy atom. The zero-order valence-corrected chi connectivity index (χ0v) is 12.9. The number of aromatic nitrogens is 2. The first kappa shape index (κ1) is 13.4. The van der Waals surface area contributed by atoms with Crippen LogP contribution in [0.4, 0.5) is 5.82 Å². The molecular weight excluding hydrogens is 361 g/mol. The fraction of sp³-hybridized carbons (Fsp3) is 0.167. The summed E-state index contributed by atoms with van der Waals surface area (Å²) < 4.78 is 6.83. The number of anilines is 1. The minimum atomic E-state index is 0.544. The van der Waals surface area contributed by atoms with Crippen molar-refractivity contribution in [3.8, 4) is 11.6 Å². The number of nitrogens with zero attached hydrogens (tertiary/aromatic N) is 2. The van der Waals surface area contributed by atoms with Crippen molar-refractivity contribution in [3.63, 3.8) is 0 Å². The SMILES string of the molecule is CNc1cc(Oc2ccccc2I)nc(SC)n1. The Balaban J connectivity index is 2.31. The first-order valence-corrected chi connectivity index (χ1v) is 7.56. The van der Waals surface area contributed by atoms with Crippen LogP contribution in [0.1, 0.15) is 0 Å². The van der Waals surface area contributed by atoms with Gasteiger partial charge in [-0.05, 0) is 41.0 Å². The minimum Gasteiger partial charge on any atom is -0.438 e. The van der Waals surface area contributed by atoms with Gasteiger partial charge < -0.3 is 10.1 Å². The number of benzene rings is 1. The van der Waals surface area contributed by atoms with Crippen molar-refractivity contribution in [1.29, 1.82) is 0 Å². The third-order valence-electron chi connectivity index (χ3n) is 2.17. The molecule has 94 valence electrons. The lowest BCUT2D eigenvalue weighted by Crippen LogP contribution is -1.98. The van der Waals surface area contributed by atoms with Crippen LogP contribution in [-0.4, -0.2) is 23.3 Å². The summed E-state index contributed by atoms with van der Waals surface area (Å²) in [5.74, 6) is 2.09. The summed E-state index contributed by atoms with van der Waals surface area (Å²) >= 11 is 3.72. The molecule has 0 aliphatic carbocycles. The predicted molar refractivity (Wildman–Crippen MR) is 82.6 cm³/mol. The van der Waals surface area contributed by atoms with E-state index in [1.54, 1.807) is 6.07 Å². The smallest absolute Gasteiger partial charge is 0.225 e. The van der Waals surface area contributed by atoms with Gasteiger partial charge in [0.1, 0.15) is 11.6 Å². The van der Waals surface area contributed by atoms with Crippen LogP contribution in [-0.2, 0) is 0 Å². The third kappa shape index (κ3) is 3.26. The molecule has 18 heavy (non-hydrogen) atoms. The predicted octanol–water partition coefficient (Wildman–Crippen LogP) is 3.64. The van der Waals surface area contributed by atoms with Crippen LogP contribution >= 0.6 is 34.4 Å². The summed E-state index contributed by atoms with van der Waals surface area (Å²) in [7, 11) is 1.82. The summed E-state index contributed by atoms with van der Waals surface area (Å²) in [6.07, 6.45) is 1.94. The van der Waals surface area contributed by atoms with Crippen molar-refractivity contribution in [2.24, 2.45) is 0 Å². The number of ether oxygens (including phenoxy) is 1. The molecule has 0 spiro atoms. The van der Waals surface area contributed by atoms with Crippen molar-refractivity contribution >= 4 is 40.2 Å². The van der Waals surface area contributed by atoms with Gasteiger partial charge in [0, 0.05) is 13.1 Å². The van der Waals surface area contributed by atoms with E-state index in [0.29, 0.717) is 11.0 Å². The molecule has 0 saturated carbocycles. The highest BCUT2D eigenvalue weighted by molar-refractivity contribution is 14.1. The van der Waals surface area contributed by atoms with Crippen molar-refractivity contribution < 1.29 is 4.74 Å². The summed E-state index contributed by atoms with van der Waals surface area (Å²) in [4.78, 5) is 8.62. The first-order chi connectivity index (χ1) is 8.72. The van der Waals surface area contributed by atoms with Crippen LogP contribution in [0, 0.1) is 3.57 Å². The molecule has 0 amide bonds. The molecule has 1 heterocycles. The quantitative estimate of drug-likeness (QED) is 0.504. The Hall–Kier alpha value is -1.02. The fourth-order valence-electron chi connectivity index (χ4n) is 1.32. The van der Waals surface area contributed by atoms with Gasteiger partial charge in [0.05, 0.1) is 3.57 Å². The van der Waals surface area contributed by atoms with E-state index >= 15 is 0 Å². The Kier molecular flexibility index (Phi) is 4.65. The van der Waals surface area contributed by atoms with E-state index in [9.17, 15) is 0 Å². The minimum absolute atomic E-state index is 0.544. The number of nitrogens with one attached hydrogen (secondary N) is 1. The van der Waals surface area contributed by atoms with Gasteiger partial charge in [0.2, 0.25) is 5.88 Å². The first-order valence-electron chi connectivity index (χ1n) is 5.26. The molecule has 0 atom stereocenters. The lowest BCUT2D eigenvalue weighted by atomic mass is 10.3. The monoisotopic (exact) mass is 373 g/mol. The highest BCUT2D eigenvalue weighted by Gasteiger charge is 2.07. The molecule has 1 aromatic carbocycles. The molecule has 0 unspecified atom stereocenters. The highest BCUT2D eigenvalue weighted by atomic mass is 127. The number of hydrogen-bond acceptors (Lipinski definition) is 5. The van der Waals surface area contributed by atoms with Crippen molar-refractivity contribution in [3.05, 3.63) is 33.9 Å². The molecule has 4 nitrogen and oxygen atoms in total. The van der Waals surface area contributed by atoms with E-state index in [2.05, 4.69) is 37.9 Å². The summed E-state index contributed by atoms with van der Waals surface area (Å²) in [6.45, 7) is 0. The molecule has 2 rings (SSSR count). The number of hydrogen-bond donors (Lipinski definition) is 1. The Morgan fingerprint density at radius 3 is 2.72 bits per heavy atom. The second-order valence-electron chi connectivity index (χ2n) is 3.36. The second kappa shape index (κ2) is 6.24. The maximum atomic E-state index is 5.78. The lowest BCUT2D eigenvalue weighted by molar-refractivity contribution is 0.453. The van der Waals surface area contributed by atoms with Crippen molar-refractivity contribution in [1.82, 2.24) is 9.97 Å². The van der Waals surface area contributed by atoms with E-state index in [0.717, 1.165) is 15.1 Å². The molecule has 0 bridgehead atoms. The van der Waals surface area contributed by atoms with E-state index in [1.165, 1.54) is 11.8 Å². The molecule has 6 heteroatoms. The van der Waals surface area contributed by atoms with Gasteiger partial charge >= 0.3 is 0 Å². The maximum absolute atomic E-state index is 5.78. The van der Waals surface area contributed by atoms with Crippen LogP contribution < -0.4 is 10.1 Å². The fourth-order valence-corrected chi connectivity index (χ4v) is 2.18. The van der Waals surface area contributed by atoms with E-state index in [-0.39, 0.29) is 0 Å². The molecule has 1 N–H and O–H groups in total. The van der Waals surface area contributed by atoms with Crippen LogP contribution in [0.25, 0.3) is 0 Å². The van der Waals surface area contributed by atoms with E-state index in [1.807, 2.05) is 37.6 Å². The van der Waals surface area contributed by atoms with Gasteiger partial charge in [0.15, 0.2) is 5.16 Å². The third-order valence-corrected chi connectivity index (χ3v) is 3.61. The van der Waals surface area contributed by atoms with Gasteiger partial charge in [-0.15, -0.1) is 0 Å². The van der Waals surface area contributed by atoms with E-state index < -0.39 is 0 Å². The van der Waals surface area contributed by atoms with Crippen LogP contribution in [0.3, 0.4) is 0 Å². The van der Waals surface area contributed by atoms with Crippen LogP contribution in [0.15, 0.2) is 35.5 Å². The van der Waals surface area contributed by atoms with Gasteiger partial charge in [0.25, 0.3) is 0 Å². The molecule has 2 aromatic rings. The number of halogens is 1. The number of rotatable bonds is 4. The highest BCUT2D eigenvalue weighted by Crippen LogP contribution is 2.27. The second-order valence-corrected chi connectivity index (χ2v) is 5.30. The molecule has 0 aliphatic rings. The molecule has 0 radical (unpaired) electrons. The number of thioether (sulfide) groups is 1. The van der Waals surface area contributed by atoms with Crippen molar-refractivity contribution in [2.75, 3.05) is 18.6 Å². The average Bonchev–Trinajstić information content (AvgIpc) is 2.41. The standard InChI is InChI=1S/C12H12IN3OS/c1-14-10-7-11(16-12(15-10)18-2)17-9-6-4-3-5-8(9)13/h3-7H,1-2H3,(H,14,15,16). The van der Waals surface area contributed by atoms with Crippen LogP contribution in [0.2, 0.25) is 0 Å². The molecular formula is C12H12IN3OS. The largest absolute Gasteiger partial charge is 0.438 e. The average molecular weight is 373 g/mol. The van der Waals surface area contributed by atoms with Crippen LogP contribution in [0.5, 0.6) is 11.6 Å². The summed E-state index contributed by atoms with van der Waals surface area (Å²) in [5, 5.41) is 3.68. The van der Waals surface area contributed by atoms with Gasteiger partial charge in [-0.25, -0.2) is 4.98 Å². The Labute approximate surface area is 124 Å². The normalized spacial score (nSPS) is 10.2. The summed E-state index contributed by atoms with van der Waals surface area (Å²) in [5.41, 5.74) is 0. The maximum Gasteiger partial charge on any atom is 0.225 e. The Bertz CT molecular complexity index is 528.